The maximum Gasteiger partial charge on any atom is 0.330 e. The van der Waals surface area contributed by atoms with Crippen molar-refractivity contribution in [3.05, 3.63) is 68.7 Å². The summed E-state index contributed by atoms with van der Waals surface area (Å²) >= 11 is 3.38. The number of carbonyl (C=O) groups is 1. The quantitative estimate of drug-likeness (QED) is 0.414. The zero-order valence-electron chi connectivity index (χ0n) is 16.0. The van der Waals surface area contributed by atoms with Crippen LogP contribution in [-0.2, 0) is 26.6 Å². The first-order chi connectivity index (χ1) is 13.7. The third-order valence-corrected chi connectivity index (χ3v) is 6.68. The number of aryl methyl sites for hydroxylation is 2. The van der Waals surface area contributed by atoms with Crippen molar-refractivity contribution in [2.45, 2.75) is 18.7 Å². The molecule has 2 heterocycles. The summed E-state index contributed by atoms with van der Waals surface area (Å²) < 4.78 is 34.6. The Morgan fingerprint density at radius 1 is 1.24 bits per heavy atom. The predicted molar refractivity (Wildman–Crippen MR) is 114 cm³/mol. The first-order valence-electron chi connectivity index (χ1n) is 8.74. The number of rotatable bonds is 5. The van der Waals surface area contributed by atoms with Crippen LogP contribution in [0.25, 0.3) is 17.0 Å². The van der Waals surface area contributed by atoms with Crippen LogP contribution in [-0.4, -0.2) is 29.5 Å². The molecule has 0 spiro atoms. The largest absolute Gasteiger partial charge is 0.463 e. The minimum absolute atomic E-state index is 0.00837. The molecule has 0 aliphatic heterocycles. The highest BCUT2D eigenvalue weighted by atomic mass is 79.9. The number of pyridine rings is 1. The predicted octanol–water partition coefficient (Wildman–Crippen LogP) is 3.22. The number of fused-ring (bicyclic) bond motifs is 1. The molecule has 29 heavy (non-hydrogen) atoms. The van der Waals surface area contributed by atoms with Gasteiger partial charge in [0.15, 0.2) is 0 Å². The number of halogens is 1. The molecule has 7 nitrogen and oxygen atoms in total. The monoisotopic (exact) mass is 478 g/mol. The highest BCUT2D eigenvalue weighted by molar-refractivity contribution is 9.10. The number of aromatic nitrogens is 2. The lowest BCUT2D eigenvalue weighted by Gasteiger charge is -2.11. The Morgan fingerprint density at radius 2 is 1.90 bits per heavy atom. The smallest absolute Gasteiger partial charge is 0.330 e. The van der Waals surface area contributed by atoms with Crippen molar-refractivity contribution >= 4 is 48.9 Å². The summed E-state index contributed by atoms with van der Waals surface area (Å²) in [6, 6.07) is 7.87. The van der Waals surface area contributed by atoms with Gasteiger partial charge in [0.1, 0.15) is 5.52 Å². The molecule has 0 atom stereocenters. The van der Waals surface area contributed by atoms with E-state index in [0.29, 0.717) is 9.86 Å². The molecule has 0 aliphatic carbocycles. The van der Waals surface area contributed by atoms with Crippen molar-refractivity contribution < 1.29 is 17.9 Å². The van der Waals surface area contributed by atoms with Crippen LogP contribution in [0.5, 0.6) is 0 Å². The van der Waals surface area contributed by atoms with Gasteiger partial charge in [-0.15, -0.1) is 0 Å². The number of esters is 1. The molecule has 3 rings (SSSR count). The summed E-state index contributed by atoms with van der Waals surface area (Å²) in [5, 5.41) is 0.423. The van der Waals surface area contributed by atoms with Gasteiger partial charge in [-0.3, -0.25) is 4.79 Å². The van der Waals surface area contributed by atoms with Crippen LogP contribution in [0.15, 0.2) is 56.8 Å². The summed E-state index contributed by atoms with van der Waals surface area (Å²) in [5.74, 6) is -0.607. The van der Waals surface area contributed by atoms with Gasteiger partial charge >= 0.3 is 5.97 Å². The van der Waals surface area contributed by atoms with Gasteiger partial charge in [0.05, 0.1) is 17.2 Å². The fourth-order valence-electron chi connectivity index (χ4n) is 2.90. The minimum Gasteiger partial charge on any atom is -0.463 e. The van der Waals surface area contributed by atoms with Gasteiger partial charge in [-0.05, 0) is 54.1 Å². The third-order valence-electron chi connectivity index (χ3n) is 4.31. The topological polar surface area (TPSA) is 87.4 Å². The minimum atomic E-state index is -4.11. The second-order valence-electron chi connectivity index (χ2n) is 6.39. The van der Waals surface area contributed by atoms with Gasteiger partial charge in [-0.1, -0.05) is 17.7 Å². The van der Waals surface area contributed by atoms with Gasteiger partial charge in [0.2, 0.25) is 0 Å². The van der Waals surface area contributed by atoms with E-state index >= 15 is 0 Å². The first-order valence-corrected chi connectivity index (χ1v) is 11.0. The van der Waals surface area contributed by atoms with E-state index < -0.39 is 21.6 Å². The summed E-state index contributed by atoms with van der Waals surface area (Å²) in [4.78, 5) is 24.6. The summed E-state index contributed by atoms with van der Waals surface area (Å²) in [6.45, 7) is 3.72. The molecule has 0 saturated carbocycles. The fourth-order valence-corrected chi connectivity index (χ4v) is 5.01. The average Bonchev–Trinajstić information content (AvgIpc) is 3.06. The Hall–Kier alpha value is -2.65. The summed E-state index contributed by atoms with van der Waals surface area (Å²) in [5.41, 5.74) is 0.584. The van der Waals surface area contributed by atoms with E-state index in [4.69, 9.17) is 4.74 Å². The molecule has 152 valence electrons. The molecule has 1 aromatic carbocycles. The number of benzene rings is 1. The van der Waals surface area contributed by atoms with Crippen LogP contribution in [0, 0.1) is 6.92 Å². The van der Waals surface area contributed by atoms with E-state index in [1.54, 1.807) is 31.3 Å². The number of carbonyl (C=O) groups excluding carboxylic acids is 1. The molecule has 0 radical (unpaired) electrons. The van der Waals surface area contributed by atoms with E-state index in [-0.39, 0.29) is 22.7 Å². The van der Waals surface area contributed by atoms with Crippen LogP contribution in [0.1, 0.15) is 18.2 Å². The van der Waals surface area contributed by atoms with Crippen molar-refractivity contribution in [3.8, 4) is 0 Å². The maximum atomic E-state index is 13.4. The van der Waals surface area contributed by atoms with Crippen molar-refractivity contribution in [2.24, 2.45) is 7.05 Å². The van der Waals surface area contributed by atoms with Crippen LogP contribution in [0.2, 0.25) is 0 Å². The van der Waals surface area contributed by atoms with Gasteiger partial charge in [-0.2, -0.15) is 0 Å². The standard InChI is InChI=1S/C20H19BrN2O5S/c1-4-28-18(24)10-7-14-11-16-17(21)12-22(3)20(25)19(16)23(14)29(26,27)15-8-5-13(2)6-9-15/h5-12H,4H2,1-3H3/b10-7+. The molecule has 2 aromatic heterocycles. The summed E-state index contributed by atoms with van der Waals surface area (Å²) in [6.07, 6.45) is 4.03. The van der Waals surface area contributed by atoms with Crippen LogP contribution in [0.3, 0.4) is 0 Å². The van der Waals surface area contributed by atoms with Crippen molar-refractivity contribution in [1.82, 2.24) is 8.54 Å². The second-order valence-corrected chi connectivity index (χ2v) is 9.03. The summed E-state index contributed by atoms with van der Waals surface area (Å²) in [7, 11) is -2.57. The van der Waals surface area contributed by atoms with E-state index in [0.717, 1.165) is 15.6 Å². The lowest BCUT2D eigenvalue weighted by molar-refractivity contribution is -0.137. The van der Waals surface area contributed by atoms with E-state index in [9.17, 15) is 18.0 Å². The fraction of sp³-hybridized carbons (Fsp3) is 0.200. The Kier molecular flexibility index (Phi) is 5.81. The van der Waals surface area contributed by atoms with Crippen molar-refractivity contribution in [2.75, 3.05) is 6.61 Å². The Labute approximate surface area is 176 Å². The van der Waals surface area contributed by atoms with E-state index in [2.05, 4.69) is 15.9 Å². The number of hydrogen-bond acceptors (Lipinski definition) is 5. The molecule has 0 unspecified atom stereocenters. The number of nitrogens with zero attached hydrogens (tertiary/aromatic N) is 2. The molecule has 3 aromatic rings. The average molecular weight is 479 g/mol. The Bertz CT molecular complexity index is 1290. The van der Waals surface area contributed by atoms with Crippen LogP contribution >= 0.6 is 15.9 Å². The van der Waals surface area contributed by atoms with E-state index in [1.165, 1.54) is 29.8 Å². The van der Waals surface area contributed by atoms with Crippen LogP contribution < -0.4 is 5.56 Å². The van der Waals surface area contributed by atoms with Crippen molar-refractivity contribution in [1.29, 1.82) is 0 Å². The highest BCUT2D eigenvalue weighted by Gasteiger charge is 2.25. The SMILES string of the molecule is CCOC(=O)/C=C/c1cc2c(Br)cn(C)c(=O)c2n1S(=O)(=O)c1ccc(C)cc1. The van der Waals surface area contributed by atoms with Crippen LogP contribution in [0.4, 0.5) is 0 Å². The first kappa shape index (κ1) is 21.1. The molecular formula is C20H19BrN2O5S. The Balaban J connectivity index is 2.36. The molecule has 0 N–H and O–H groups in total. The molecule has 0 saturated heterocycles. The second kappa shape index (κ2) is 8.00. The molecule has 0 aliphatic rings. The van der Waals surface area contributed by atoms with Gasteiger partial charge in [-0.25, -0.2) is 17.2 Å². The zero-order valence-corrected chi connectivity index (χ0v) is 18.5. The maximum absolute atomic E-state index is 13.4. The van der Waals surface area contributed by atoms with Gasteiger partial charge in [0, 0.05) is 29.2 Å². The third kappa shape index (κ3) is 3.92. The zero-order chi connectivity index (χ0) is 21.3. The Morgan fingerprint density at radius 3 is 2.52 bits per heavy atom. The van der Waals surface area contributed by atoms with Gasteiger partial charge < -0.3 is 9.30 Å². The van der Waals surface area contributed by atoms with E-state index in [1.807, 2.05) is 6.92 Å². The number of hydrogen-bond donors (Lipinski definition) is 0. The van der Waals surface area contributed by atoms with Crippen molar-refractivity contribution in [3.63, 3.8) is 0 Å². The lowest BCUT2D eigenvalue weighted by atomic mass is 10.2. The highest BCUT2D eigenvalue weighted by Crippen LogP contribution is 2.29. The molecule has 0 bridgehead atoms. The molecule has 9 heteroatoms. The lowest BCUT2D eigenvalue weighted by Crippen LogP contribution is -2.23. The number of ether oxygens (including phenoxy) is 1. The molecule has 0 amide bonds. The molecular weight excluding hydrogens is 460 g/mol. The molecule has 0 fully saturated rings. The van der Waals surface area contributed by atoms with Gasteiger partial charge in [0.25, 0.3) is 15.6 Å². The normalized spacial score (nSPS) is 12.0.